The van der Waals surface area contributed by atoms with Gasteiger partial charge in [0.05, 0.1) is 13.7 Å². The minimum absolute atomic E-state index is 0.0766. The highest BCUT2D eigenvalue weighted by Gasteiger charge is 2.38. The van der Waals surface area contributed by atoms with Gasteiger partial charge in [0.25, 0.3) is 5.91 Å². The van der Waals surface area contributed by atoms with E-state index in [1.165, 1.54) is 36.2 Å². The fraction of sp³-hybridized carbons (Fsp3) is 0.278. The number of nitrogens with one attached hydrogen (secondary N) is 1. The highest BCUT2D eigenvalue weighted by molar-refractivity contribution is 6.05. The smallest absolute Gasteiger partial charge is 0.408 e. The van der Waals surface area contributed by atoms with Crippen LogP contribution in [0.15, 0.2) is 43.4 Å². The molecule has 1 amide bonds. The number of allylic oxidation sites excluding steroid dienone is 1. The molecule has 1 N–H and O–H groups in total. The number of hydrogen-bond donors (Lipinski definition) is 1. The summed E-state index contributed by atoms with van der Waals surface area (Å²) in [5, 5.41) is 14.0. The zero-order valence-electron chi connectivity index (χ0n) is 16.1. The number of pyridine rings is 1. The largest absolute Gasteiger partial charge is 0.479 e. The van der Waals surface area contributed by atoms with Crippen molar-refractivity contribution in [3.05, 3.63) is 48.9 Å². The maximum Gasteiger partial charge on any atom is 0.408 e. The number of anilines is 1. The summed E-state index contributed by atoms with van der Waals surface area (Å²) in [6.07, 6.45) is -0.400. The second-order valence-corrected chi connectivity index (χ2v) is 6.20. The van der Waals surface area contributed by atoms with Crippen molar-refractivity contribution >= 4 is 11.7 Å². The van der Waals surface area contributed by atoms with Gasteiger partial charge in [-0.3, -0.25) is 9.48 Å². The number of methoxy groups -OCH3 is 1. The molecule has 0 saturated heterocycles. The van der Waals surface area contributed by atoms with E-state index in [4.69, 9.17) is 4.74 Å². The van der Waals surface area contributed by atoms with Crippen LogP contribution in [0.1, 0.15) is 23.3 Å². The van der Waals surface area contributed by atoms with E-state index < -0.39 is 18.1 Å². The minimum atomic E-state index is -4.48. The normalized spacial score (nSPS) is 12.4. The van der Waals surface area contributed by atoms with Gasteiger partial charge in [0, 0.05) is 6.20 Å². The topological polar surface area (TPSA) is 99.8 Å². The molecule has 30 heavy (non-hydrogen) atoms. The Morgan fingerprint density at radius 2 is 2.17 bits per heavy atom. The van der Waals surface area contributed by atoms with Crippen molar-refractivity contribution in [3.8, 4) is 17.4 Å². The predicted molar refractivity (Wildman–Crippen MR) is 101 cm³/mol. The van der Waals surface area contributed by atoms with E-state index in [1.807, 2.05) is 0 Å². The molecule has 3 heterocycles. The summed E-state index contributed by atoms with van der Waals surface area (Å²) < 4.78 is 46.7. The van der Waals surface area contributed by atoms with Gasteiger partial charge in [-0.25, -0.2) is 4.98 Å². The SMILES string of the molecule is C=CCn1cc(C(=O)Nc2cccc(-c3nncn3[C@@H](C)C(F)(F)F)n2)c(OC)n1. The Kier molecular flexibility index (Phi) is 5.85. The summed E-state index contributed by atoms with van der Waals surface area (Å²) in [6.45, 7) is 4.98. The molecule has 0 unspecified atom stereocenters. The molecule has 0 aliphatic heterocycles. The number of aromatic nitrogens is 6. The average molecular weight is 421 g/mol. The van der Waals surface area contributed by atoms with E-state index in [9.17, 15) is 18.0 Å². The maximum atomic E-state index is 13.1. The maximum absolute atomic E-state index is 13.1. The van der Waals surface area contributed by atoms with E-state index in [2.05, 4.69) is 32.2 Å². The van der Waals surface area contributed by atoms with Crippen molar-refractivity contribution in [2.75, 3.05) is 12.4 Å². The van der Waals surface area contributed by atoms with Gasteiger partial charge in [0.2, 0.25) is 5.88 Å². The van der Waals surface area contributed by atoms with Gasteiger partial charge in [0.1, 0.15) is 29.4 Å². The van der Waals surface area contributed by atoms with Gasteiger partial charge < -0.3 is 14.6 Å². The molecule has 1 atom stereocenters. The Morgan fingerprint density at radius 1 is 1.40 bits per heavy atom. The first-order valence-electron chi connectivity index (χ1n) is 8.72. The third kappa shape index (κ3) is 4.31. The lowest BCUT2D eigenvalue weighted by molar-refractivity contribution is -0.162. The average Bonchev–Trinajstić information content (AvgIpc) is 3.34. The van der Waals surface area contributed by atoms with Crippen molar-refractivity contribution in [1.82, 2.24) is 29.5 Å². The molecule has 0 aliphatic carbocycles. The van der Waals surface area contributed by atoms with Crippen LogP contribution < -0.4 is 10.1 Å². The third-order valence-corrected chi connectivity index (χ3v) is 4.17. The summed E-state index contributed by atoms with van der Waals surface area (Å²) in [5.74, 6) is -0.390. The first-order valence-corrected chi connectivity index (χ1v) is 8.72. The standard InChI is InChI=1S/C18H18F3N7O2/c1-4-8-27-9-12(17(26-27)30-3)16(29)24-14-7-5-6-13(23-14)15-25-22-10-28(15)11(2)18(19,20)21/h4-7,9-11H,1,8H2,2-3H3,(H,23,24,29)/t11-/m0/s1. The van der Waals surface area contributed by atoms with Gasteiger partial charge in [0.15, 0.2) is 5.82 Å². The lowest BCUT2D eigenvalue weighted by atomic mass is 10.2. The van der Waals surface area contributed by atoms with E-state index in [-0.39, 0.29) is 28.8 Å². The quantitative estimate of drug-likeness (QED) is 0.589. The van der Waals surface area contributed by atoms with Gasteiger partial charge in [-0.2, -0.15) is 13.2 Å². The Hall–Kier alpha value is -3.70. The number of hydrogen-bond acceptors (Lipinski definition) is 6. The molecule has 12 heteroatoms. The van der Waals surface area contributed by atoms with Gasteiger partial charge in [-0.05, 0) is 19.1 Å². The zero-order chi connectivity index (χ0) is 21.9. The molecule has 0 radical (unpaired) electrons. The Labute approximate surface area is 169 Å². The highest BCUT2D eigenvalue weighted by atomic mass is 19.4. The summed E-state index contributed by atoms with van der Waals surface area (Å²) in [4.78, 5) is 16.8. The number of carbonyl (C=O) groups excluding carboxylic acids is 1. The molecular weight excluding hydrogens is 403 g/mol. The van der Waals surface area contributed by atoms with Crippen molar-refractivity contribution in [3.63, 3.8) is 0 Å². The molecule has 0 aromatic carbocycles. The van der Waals surface area contributed by atoms with Crippen LogP contribution >= 0.6 is 0 Å². The number of alkyl halides is 3. The Morgan fingerprint density at radius 3 is 2.83 bits per heavy atom. The number of nitrogens with zero attached hydrogens (tertiary/aromatic N) is 6. The number of ether oxygens (including phenoxy) is 1. The van der Waals surface area contributed by atoms with Gasteiger partial charge in [-0.15, -0.1) is 21.9 Å². The molecule has 0 aliphatic rings. The summed E-state index contributed by atoms with van der Waals surface area (Å²) >= 11 is 0. The van der Waals surface area contributed by atoms with Crippen LogP contribution in [0.4, 0.5) is 19.0 Å². The summed E-state index contributed by atoms with van der Waals surface area (Å²) in [7, 11) is 1.38. The minimum Gasteiger partial charge on any atom is -0.479 e. The van der Waals surface area contributed by atoms with Crippen LogP contribution in [-0.2, 0) is 6.54 Å². The fourth-order valence-corrected chi connectivity index (χ4v) is 2.62. The summed E-state index contributed by atoms with van der Waals surface area (Å²) in [5.41, 5.74) is 0.288. The number of carbonyl (C=O) groups is 1. The van der Waals surface area contributed by atoms with Crippen LogP contribution in [0.5, 0.6) is 5.88 Å². The fourth-order valence-electron chi connectivity index (χ4n) is 2.62. The van der Waals surface area contributed by atoms with Gasteiger partial charge >= 0.3 is 6.18 Å². The molecule has 0 bridgehead atoms. The van der Waals surface area contributed by atoms with E-state index in [0.717, 1.165) is 17.8 Å². The van der Waals surface area contributed by atoms with Crippen molar-refractivity contribution < 1.29 is 22.7 Å². The lowest BCUT2D eigenvalue weighted by Crippen LogP contribution is -2.24. The Balaban J connectivity index is 1.87. The van der Waals surface area contributed by atoms with Crippen molar-refractivity contribution in [2.45, 2.75) is 25.7 Å². The zero-order valence-corrected chi connectivity index (χ0v) is 16.1. The Bertz CT molecular complexity index is 1060. The molecule has 3 aromatic heterocycles. The molecule has 0 fully saturated rings. The van der Waals surface area contributed by atoms with Crippen LogP contribution in [0.2, 0.25) is 0 Å². The highest BCUT2D eigenvalue weighted by Crippen LogP contribution is 2.32. The number of rotatable bonds is 7. The molecular formula is C18H18F3N7O2. The van der Waals surface area contributed by atoms with Crippen LogP contribution in [0, 0.1) is 0 Å². The number of halogens is 3. The molecule has 0 saturated carbocycles. The molecule has 3 rings (SSSR count). The van der Waals surface area contributed by atoms with E-state index in [0.29, 0.717) is 6.54 Å². The molecule has 158 valence electrons. The monoisotopic (exact) mass is 421 g/mol. The second kappa shape index (κ2) is 8.35. The van der Waals surface area contributed by atoms with E-state index in [1.54, 1.807) is 6.08 Å². The summed E-state index contributed by atoms with van der Waals surface area (Å²) in [6, 6.07) is 2.66. The van der Waals surface area contributed by atoms with Crippen molar-refractivity contribution in [2.24, 2.45) is 0 Å². The predicted octanol–water partition coefficient (Wildman–Crippen LogP) is 3.11. The first kappa shape index (κ1) is 21.0. The van der Waals surface area contributed by atoms with Crippen LogP contribution in [-0.4, -0.2) is 48.7 Å². The lowest BCUT2D eigenvalue weighted by Gasteiger charge is -2.18. The van der Waals surface area contributed by atoms with E-state index >= 15 is 0 Å². The van der Waals surface area contributed by atoms with Crippen molar-refractivity contribution in [1.29, 1.82) is 0 Å². The van der Waals surface area contributed by atoms with Crippen LogP contribution in [0.25, 0.3) is 11.5 Å². The first-order chi connectivity index (χ1) is 14.2. The molecule has 9 nitrogen and oxygen atoms in total. The van der Waals surface area contributed by atoms with Crippen LogP contribution in [0.3, 0.4) is 0 Å². The number of amides is 1. The second-order valence-electron chi connectivity index (χ2n) is 6.20. The van der Waals surface area contributed by atoms with Gasteiger partial charge in [-0.1, -0.05) is 12.1 Å². The molecule has 0 spiro atoms. The third-order valence-electron chi connectivity index (χ3n) is 4.17. The molecule has 3 aromatic rings.